The summed E-state index contributed by atoms with van der Waals surface area (Å²) in [5.41, 5.74) is 1.79. The number of pyridine rings is 1. The van der Waals surface area contributed by atoms with Gasteiger partial charge < -0.3 is 5.32 Å². The maximum absolute atomic E-state index is 12.9. The molecular weight excluding hydrogens is 374 g/mol. The van der Waals surface area contributed by atoms with Crippen molar-refractivity contribution in [1.29, 1.82) is 0 Å². The van der Waals surface area contributed by atoms with Gasteiger partial charge in [0.2, 0.25) is 10.0 Å². The maximum atomic E-state index is 12.9. The molecule has 0 spiro atoms. The molecule has 1 aliphatic heterocycles. The molecule has 0 unspecified atom stereocenters. The third-order valence-electron chi connectivity index (χ3n) is 4.91. The predicted octanol–water partition coefficient (Wildman–Crippen LogP) is 3.66. The van der Waals surface area contributed by atoms with Gasteiger partial charge in [-0.15, -0.1) is 0 Å². The molecule has 7 heteroatoms. The molecule has 28 heavy (non-hydrogen) atoms. The molecule has 2 heterocycles. The molecule has 1 amide bonds. The molecule has 0 aliphatic carbocycles. The van der Waals surface area contributed by atoms with Crippen LogP contribution in [0.15, 0.2) is 65.7 Å². The van der Waals surface area contributed by atoms with E-state index >= 15 is 0 Å². The van der Waals surface area contributed by atoms with Crippen molar-refractivity contribution in [3.8, 4) is 0 Å². The fourth-order valence-electron chi connectivity index (χ4n) is 3.41. The summed E-state index contributed by atoms with van der Waals surface area (Å²) in [4.78, 5) is 17.1. The fraction of sp³-hybridized carbons (Fsp3) is 0.238. The Kier molecular flexibility index (Phi) is 5.11. The minimum Gasteiger partial charge on any atom is -0.322 e. The van der Waals surface area contributed by atoms with E-state index in [0.29, 0.717) is 24.3 Å². The lowest BCUT2D eigenvalue weighted by Gasteiger charge is -2.26. The lowest BCUT2D eigenvalue weighted by atomic mass is 10.1. The number of amides is 1. The van der Waals surface area contributed by atoms with Gasteiger partial charge in [0.1, 0.15) is 0 Å². The first-order valence-electron chi connectivity index (χ1n) is 9.30. The van der Waals surface area contributed by atoms with Crippen molar-refractivity contribution in [2.75, 3.05) is 18.4 Å². The van der Waals surface area contributed by atoms with E-state index in [-0.39, 0.29) is 10.8 Å². The number of piperidine rings is 1. The van der Waals surface area contributed by atoms with Crippen LogP contribution in [0.1, 0.15) is 29.6 Å². The number of fused-ring (bicyclic) bond motifs is 1. The molecule has 2 aromatic carbocycles. The summed E-state index contributed by atoms with van der Waals surface area (Å²) in [6, 6.07) is 15.4. The summed E-state index contributed by atoms with van der Waals surface area (Å²) in [5.74, 6) is -0.348. The van der Waals surface area contributed by atoms with Gasteiger partial charge in [0.15, 0.2) is 0 Å². The van der Waals surface area contributed by atoms with Crippen molar-refractivity contribution in [3.05, 3.63) is 66.4 Å². The number of benzene rings is 2. The Morgan fingerprint density at radius 1 is 0.964 bits per heavy atom. The molecule has 1 aliphatic rings. The molecule has 0 atom stereocenters. The number of aromatic nitrogens is 1. The van der Waals surface area contributed by atoms with Crippen LogP contribution in [0.2, 0.25) is 0 Å². The van der Waals surface area contributed by atoms with E-state index < -0.39 is 10.0 Å². The van der Waals surface area contributed by atoms with Crippen molar-refractivity contribution in [3.63, 3.8) is 0 Å². The number of nitrogens with zero attached hydrogens (tertiary/aromatic N) is 2. The van der Waals surface area contributed by atoms with Crippen LogP contribution >= 0.6 is 0 Å². The molecule has 1 aromatic heterocycles. The summed E-state index contributed by atoms with van der Waals surface area (Å²) in [6.45, 7) is 1.06. The second-order valence-electron chi connectivity index (χ2n) is 6.86. The van der Waals surface area contributed by atoms with Crippen LogP contribution in [0.5, 0.6) is 0 Å². The van der Waals surface area contributed by atoms with E-state index in [1.165, 1.54) is 10.4 Å². The van der Waals surface area contributed by atoms with Gasteiger partial charge in [0, 0.05) is 35.9 Å². The first-order valence-corrected chi connectivity index (χ1v) is 10.7. The van der Waals surface area contributed by atoms with Crippen molar-refractivity contribution >= 4 is 32.5 Å². The highest BCUT2D eigenvalue weighted by atomic mass is 32.2. The lowest BCUT2D eigenvalue weighted by Crippen LogP contribution is -2.35. The van der Waals surface area contributed by atoms with E-state index in [1.807, 2.05) is 24.3 Å². The van der Waals surface area contributed by atoms with Gasteiger partial charge in [-0.2, -0.15) is 4.31 Å². The van der Waals surface area contributed by atoms with Crippen LogP contribution < -0.4 is 5.32 Å². The minimum absolute atomic E-state index is 0.157. The average molecular weight is 395 g/mol. The second kappa shape index (κ2) is 7.69. The Balaban J connectivity index is 1.57. The lowest BCUT2D eigenvalue weighted by molar-refractivity contribution is 0.102. The molecule has 6 nitrogen and oxygen atoms in total. The molecule has 1 N–H and O–H groups in total. The molecule has 4 rings (SSSR count). The number of anilines is 1. The highest BCUT2D eigenvalue weighted by Crippen LogP contribution is 2.22. The number of nitrogens with one attached hydrogen (secondary N) is 1. The number of rotatable bonds is 4. The van der Waals surface area contributed by atoms with Gasteiger partial charge in [0.05, 0.1) is 10.4 Å². The van der Waals surface area contributed by atoms with Gasteiger partial charge in [-0.3, -0.25) is 9.78 Å². The summed E-state index contributed by atoms with van der Waals surface area (Å²) < 4.78 is 27.2. The number of sulfonamides is 1. The predicted molar refractivity (Wildman–Crippen MR) is 109 cm³/mol. The zero-order valence-electron chi connectivity index (χ0n) is 15.3. The van der Waals surface area contributed by atoms with Gasteiger partial charge in [-0.25, -0.2) is 8.42 Å². The molecular formula is C21H21N3O3S. The Hall–Kier alpha value is -2.77. The number of hydrogen-bond acceptors (Lipinski definition) is 4. The number of carbonyl (C=O) groups excluding carboxylic acids is 1. The van der Waals surface area contributed by atoms with Crippen molar-refractivity contribution < 1.29 is 13.2 Å². The van der Waals surface area contributed by atoms with Crippen molar-refractivity contribution in [1.82, 2.24) is 9.29 Å². The van der Waals surface area contributed by atoms with Gasteiger partial charge in [-0.1, -0.05) is 18.6 Å². The highest BCUT2D eigenvalue weighted by molar-refractivity contribution is 7.89. The van der Waals surface area contributed by atoms with E-state index in [2.05, 4.69) is 10.3 Å². The first kappa shape index (κ1) is 18.6. The van der Waals surface area contributed by atoms with Crippen molar-refractivity contribution in [2.45, 2.75) is 24.2 Å². The molecule has 0 saturated carbocycles. The summed E-state index contributed by atoms with van der Waals surface area (Å²) >= 11 is 0. The zero-order valence-corrected chi connectivity index (χ0v) is 16.2. The molecule has 144 valence electrons. The normalized spacial score (nSPS) is 15.4. The monoisotopic (exact) mass is 395 g/mol. The molecule has 0 bridgehead atoms. The summed E-state index contributed by atoms with van der Waals surface area (Å²) in [6.07, 6.45) is 4.51. The minimum atomic E-state index is -3.57. The summed E-state index contributed by atoms with van der Waals surface area (Å²) in [5, 5.41) is 3.75. The van der Waals surface area contributed by atoms with E-state index in [9.17, 15) is 13.2 Å². The standard InChI is InChI=1S/C21H21N3O3S/c25-21(23-18-9-10-20-16(14-18)7-5-11-22-20)17-6-4-8-19(15-17)28(26,27)24-12-2-1-3-13-24/h4-11,14-15H,1-3,12-13H2,(H,23,25). The van der Waals surface area contributed by atoms with Gasteiger partial charge >= 0.3 is 0 Å². The second-order valence-corrected chi connectivity index (χ2v) is 8.80. The summed E-state index contributed by atoms with van der Waals surface area (Å²) in [7, 11) is -3.57. The van der Waals surface area contributed by atoms with Gasteiger partial charge in [-0.05, 0) is 55.3 Å². The van der Waals surface area contributed by atoms with Crippen LogP contribution in [0.4, 0.5) is 5.69 Å². The van der Waals surface area contributed by atoms with E-state index in [4.69, 9.17) is 0 Å². The Morgan fingerprint density at radius 2 is 1.79 bits per heavy atom. The average Bonchev–Trinajstić information content (AvgIpc) is 2.74. The SMILES string of the molecule is O=C(Nc1ccc2ncccc2c1)c1cccc(S(=O)(=O)N2CCCCC2)c1. The van der Waals surface area contributed by atoms with Crippen LogP contribution in [0.3, 0.4) is 0 Å². The smallest absolute Gasteiger partial charge is 0.255 e. The third-order valence-corrected chi connectivity index (χ3v) is 6.80. The quantitative estimate of drug-likeness (QED) is 0.731. The van der Waals surface area contributed by atoms with E-state index in [0.717, 1.165) is 30.2 Å². The Bertz CT molecular complexity index is 1120. The van der Waals surface area contributed by atoms with Crippen LogP contribution in [-0.4, -0.2) is 36.7 Å². The Morgan fingerprint density at radius 3 is 2.61 bits per heavy atom. The van der Waals surface area contributed by atoms with Crippen LogP contribution in [0, 0.1) is 0 Å². The van der Waals surface area contributed by atoms with Gasteiger partial charge in [0.25, 0.3) is 5.91 Å². The zero-order chi connectivity index (χ0) is 19.6. The molecule has 1 fully saturated rings. The van der Waals surface area contributed by atoms with Crippen LogP contribution in [-0.2, 0) is 10.0 Å². The molecule has 0 radical (unpaired) electrons. The third kappa shape index (κ3) is 3.76. The fourth-order valence-corrected chi connectivity index (χ4v) is 4.97. The largest absolute Gasteiger partial charge is 0.322 e. The maximum Gasteiger partial charge on any atom is 0.255 e. The Labute approximate surface area is 164 Å². The molecule has 1 saturated heterocycles. The number of hydrogen-bond donors (Lipinski definition) is 1. The van der Waals surface area contributed by atoms with Crippen molar-refractivity contribution in [2.24, 2.45) is 0 Å². The first-order chi connectivity index (χ1) is 13.5. The topological polar surface area (TPSA) is 79.4 Å². The molecule has 3 aromatic rings. The van der Waals surface area contributed by atoms with E-state index in [1.54, 1.807) is 30.5 Å². The number of carbonyl (C=O) groups is 1. The highest BCUT2D eigenvalue weighted by Gasteiger charge is 2.26. The van der Waals surface area contributed by atoms with Crippen LogP contribution in [0.25, 0.3) is 10.9 Å².